The Morgan fingerprint density at radius 1 is 1.50 bits per heavy atom. The van der Waals surface area contributed by atoms with Crippen molar-refractivity contribution in [2.75, 3.05) is 6.54 Å². The normalized spacial score (nSPS) is 23.1. The molecule has 1 aliphatic carbocycles. The number of hydrogen-bond acceptors (Lipinski definition) is 2. The van der Waals surface area contributed by atoms with E-state index >= 15 is 0 Å². The molecule has 0 spiro atoms. The molecule has 1 aliphatic rings. The van der Waals surface area contributed by atoms with E-state index in [1.807, 2.05) is 11.4 Å². The van der Waals surface area contributed by atoms with E-state index in [1.54, 1.807) is 0 Å². The zero-order valence-electron chi connectivity index (χ0n) is 7.40. The SMILES string of the molecule is NCC1(c2cc(Br)cs2)CC(F)(F)C1. The Morgan fingerprint density at radius 2 is 2.14 bits per heavy atom. The molecule has 78 valence electrons. The first-order valence-electron chi connectivity index (χ1n) is 4.30. The molecule has 2 rings (SSSR count). The number of rotatable bonds is 2. The Hall–Kier alpha value is -0.0000000000000000833. The van der Waals surface area contributed by atoms with Gasteiger partial charge in [-0.2, -0.15) is 0 Å². The minimum Gasteiger partial charge on any atom is -0.330 e. The Bertz CT molecular complexity index is 342. The fourth-order valence-corrected chi connectivity index (χ4v) is 3.59. The summed E-state index contributed by atoms with van der Waals surface area (Å²) in [6.45, 7) is 0.301. The predicted molar refractivity (Wildman–Crippen MR) is 56.9 cm³/mol. The van der Waals surface area contributed by atoms with E-state index < -0.39 is 11.3 Å². The molecule has 2 N–H and O–H groups in total. The van der Waals surface area contributed by atoms with Crippen LogP contribution in [0.2, 0.25) is 0 Å². The van der Waals surface area contributed by atoms with Crippen LogP contribution in [0.3, 0.4) is 0 Å². The van der Waals surface area contributed by atoms with Crippen LogP contribution < -0.4 is 5.73 Å². The molecule has 0 aromatic carbocycles. The second-order valence-corrected chi connectivity index (χ2v) is 5.65. The van der Waals surface area contributed by atoms with Crippen LogP contribution in [0.4, 0.5) is 8.78 Å². The molecule has 1 saturated carbocycles. The van der Waals surface area contributed by atoms with Gasteiger partial charge in [-0.05, 0) is 22.0 Å². The van der Waals surface area contributed by atoms with Gasteiger partial charge in [0.05, 0.1) is 0 Å². The van der Waals surface area contributed by atoms with Crippen LogP contribution in [-0.4, -0.2) is 12.5 Å². The molecule has 0 amide bonds. The molecular weight excluding hydrogens is 272 g/mol. The maximum Gasteiger partial charge on any atom is 0.250 e. The van der Waals surface area contributed by atoms with E-state index in [4.69, 9.17) is 5.73 Å². The van der Waals surface area contributed by atoms with Gasteiger partial charge in [-0.3, -0.25) is 0 Å². The first-order chi connectivity index (χ1) is 6.47. The molecule has 1 heterocycles. The summed E-state index contributed by atoms with van der Waals surface area (Å²) in [5.41, 5.74) is 5.12. The van der Waals surface area contributed by atoms with E-state index in [0.29, 0.717) is 6.54 Å². The highest BCUT2D eigenvalue weighted by Gasteiger charge is 2.57. The standard InChI is InChI=1S/C9H10BrF2NS/c10-6-1-7(14-2-6)8(5-13)3-9(11,12)4-8/h1-2H,3-5,13H2. The van der Waals surface area contributed by atoms with Gasteiger partial charge in [0.1, 0.15) is 0 Å². The molecule has 0 bridgehead atoms. The largest absolute Gasteiger partial charge is 0.330 e. The molecule has 1 fully saturated rings. The fraction of sp³-hybridized carbons (Fsp3) is 0.556. The van der Waals surface area contributed by atoms with Gasteiger partial charge in [0.15, 0.2) is 0 Å². The summed E-state index contributed by atoms with van der Waals surface area (Å²) in [6.07, 6.45) is -0.215. The number of hydrogen-bond donors (Lipinski definition) is 1. The maximum absolute atomic E-state index is 12.8. The van der Waals surface area contributed by atoms with Gasteiger partial charge >= 0.3 is 0 Å². The summed E-state index contributed by atoms with van der Waals surface area (Å²) in [5.74, 6) is -2.52. The summed E-state index contributed by atoms with van der Waals surface area (Å²) < 4.78 is 26.6. The molecule has 1 nitrogen and oxygen atoms in total. The van der Waals surface area contributed by atoms with Crippen molar-refractivity contribution in [1.29, 1.82) is 0 Å². The number of thiophene rings is 1. The number of alkyl halides is 2. The van der Waals surface area contributed by atoms with Crippen molar-refractivity contribution in [3.05, 3.63) is 20.8 Å². The van der Waals surface area contributed by atoms with Crippen molar-refractivity contribution in [3.8, 4) is 0 Å². The Balaban J connectivity index is 2.24. The summed E-state index contributed by atoms with van der Waals surface area (Å²) >= 11 is 4.82. The Labute approximate surface area is 93.4 Å². The van der Waals surface area contributed by atoms with E-state index in [0.717, 1.165) is 9.35 Å². The summed E-state index contributed by atoms with van der Waals surface area (Å²) in [6, 6.07) is 1.90. The maximum atomic E-state index is 12.8. The molecule has 0 atom stereocenters. The first kappa shape index (κ1) is 10.5. The first-order valence-corrected chi connectivity index (χ1v) is 5.97. The van der Waals surface area contributed by atoms with Crippen LogP contribution in [0.25, 0.3) is 0 Å². The lowest BCUT2D eigenvalue weighted by atomic mass is 9.65. The summed E-state index contributed by atoms with van der Waals surface area (Å²) in [5, 5.41) is 1.91. The molecule has 5 heteroatoms. The summed E-state index contributed by atoms with van der Waals surface area (Å²) in [7, 11) is 0. The lowest BCUT2D eigenvalue weighted by Gasteiger charge is -2.46. The molecule has 0 radical (unpaired) electrons. The van der Waals surface area contributed by atoms with Crippen molar-refractivity contribution in [2.45, 2.75) is 24.2 Å². The van der Waals surface area contributed by atoms with Gasteiger partial charge in [0.25, 0.3) is 0 Å². The highest BCUT2D eigenvalue weighted by atomic mass is 79.9. The van der Waals surface area contributed by atoms with Gasteiger partial charge in [0.2, 0.25) is 5.92 Å². The quantitative estimate of drug-likeness (QED) is 0.886. The predicted octanol–water partition coefficient (Wildman–Crippen LogP) is 3.14. The second kappa shape index (κ2) is 3.25. The Kier molecular flexibility index (Phi) is 2.44. The minimum atomic E-state index is -2.52. The highest BCUT2D eigenvalue weighted by molar-refractivity contribution is 9.10. The van der Waals surface area contributed by atoms with E-state index in [2.05, 4.69) is 15.9 Å². The van der Waals surface area contributed by atoms with Gasteiger partial charge < -0.3 is 5.73 Å². The third-order valence-corrected chi connectivity index (χ3v) is 4.61. The van der Waals surface area contributed by atoms with Gasteiger partial charge in [-0.25, -0.2) is 8.78 Å². The van der Waals surface area contributed by atoms with Crippen LogP contribution >= 0.6 is 27.3 Å². The monoisotopic (exact) mass is 281 g/mol. The lowest BCUT2D eigenvalue weighted by Crippen LogP contribution is -2.53. The van der Waals surface area contributed by atoms with Crippen molar-refractivity contribution in [3.63, 3.8) is 0 Å². The molecule has 0 aliphatic heterocycles. The Morgan fingerprint density at radius 3 is 2.50 bits per heavy atom. The third-order valence-electron chi connectivity index (χ3n) is 2.67. The lowest BCUT2D eigenvalue weighted by molar-refractivity contribution is -0.122. The van der Waals surface area contributed by atoms with Crippen molar-refractivity contribution < 1.29 is 8.78 Å². The van der Waals surface area contributed by atoms with E-state index in [9.17, 15) is 8.78 Å². The van der Waals surface area contributed by atoms with Crippen molar-refractivity contribution in [2.24, 2.45) is 5.73 Å². The van der Waals surface area contributed by atoms with E-state index in [-0.39, 0.29) is 12.8 Å². The van der Waals surface area contributed by atoms with Crippen LogP contribution in [0.1, 0.15) is 17.7 Å². The van der Waals surface area contributed by atoms with Gasteiger partial charge in [-0.1, -0.05) is 0 Å². The van der Waals surface area contributed by atoms with Crippen molar-refractivity contribution >= 4 is 27.3 Å². The second-order valence-electron chi connectivity index (χ2n) is 3.82. The van der Waals surface area contributed by atoms with Gasteiger partial charge in [0, 0.05) is 39.5 Å². The molecule has 1 aromatic rings. The van der Waals surface area contributed by atoms with Gasteiger partial charge in [-0.15, -0.1) is 11.3 Å². The van der Waals surface area contributed by atoms with Crippen LogP contribution in [0.5, 0.6) is 0 Å². The third kappa shape index (κ3) is 1.61. The average molecular weight is 282 g/mol. The zero-order chi connectivity index (χ0) is 10.4. The average Bonchev–Trinajstić information content (AvgIpc) is 2.47. The minimum absolute atomic E-state index is 0.108. The number of nitrogens with two attached hydrogens (primary N) is 1. The topological polar surface area (TPSA) is 26.0 Å². The fourth-order valence-electron chi connectivity index (χ4n) is 1.95. The molecule has 1 aromatic heterocycles. The smallest absolute Gasteiger partial charge is 0.250 e. The summed E-state index contributed by atoms with van der Waals surface area (Å²) in [4.78, 5) is 0.970. The molecule has 0 unspecified atom stereocenters. The van der Waals surface area contributed by atoms with Crippen LogP contribution in [0.15, 0.2) is 15.9 Å². The molecule has 0 saturated heterocycles. The molecular formula is C9H10BrF2NS. The number of halogens is 3. The van der Waals surface area contributed by atoms with Crippen LogP contribution in [-0.2, 0) is 5.41 Å². The van der Waals surface area contributed by atoms with E-state index in [1.165, 1.54) is 11.3 Å². The van der Waals surface area contributed by atoms with Crippen LogP contribution in [0, 0.1) is 0 Å². The molecule has 14 heavy (non-hydrogen) atoms. The van der Waals surface area contributed by atoms with Crippen molar-refractivity contribution in [1.82, 2.24) is 0 Å². The highest BCUT2D eigenvalue weighted by Crippen LogP contribution is 2.54. The zero-order valence-corrected chi connectivity index (χ0v) is 9.80.